The van der Waals surface area contributed by atoms with Gasteiger partial charge in [-0.3, -0.25) is 14.2 Å². The first-order chi connectivity index (χ1) is 15.2. The minimum Gasteiger partial charge on any atom is -0.493 e. The van der Waals surface area contributed by atoms with Crippen LogP contribution in [0.2, 0.25) is 0 Å². The second kappa shape index (κ2) is 10.1. The molecule has 1 saturated heterocycles. The van der Waals surface area contributed by atoms with Gasteiger partial charge in [0.15, 0.2) is 11.9 Å². The molecule has 0 spiro atoms. The van der Waals surface area contributed by atoms with Gasteiger partial charge in [0.1, 0.15) is 37.3 Å². The van der Waals surface area contributed by atoms with Gasteiger partial charge in [-0.1, -0.05) is 30.3 Å². The molecule has 12 nitrogen and oxygen atoms in total. The molecule has 1 aliphatic heterocycles. The molecule has 1 aromatic carbocycles. The summed E-state index contributed by atoms with van der Waals surface area (Å²) in [5, 5.41) is 30.5. The minimum absolute atomic E-state index is 0.267. The van der Waals surface area contributed by atoms with Gasteiger partial charge in [0.2, 0.25) is 5.88 Å². The maximum atomic E-state index is 12.3. The molecule has 1 amide bonds. The number of carbonyl (C=O) groups is 2. The van der Waals surface area contributed by atoms with E-state index in [2.05, 4.69) is 4.98 Å². The number of imidazole rings is 1. The molecule has 174 valence electrons. The van der Waals surface area contributed by atoms with E-state index in [9.17, 15) is 24.9 Å². The highest BCUT2D eigenvalue weighted by molar-refractivity contribution is 5.93. The van der Waals surface area contributed by atoms with E-state index in [4.69, 9.17) is 25.7 Å². The van der Waals surface area contributed by atoms with Crippen LogP contribution in [-0.2, 0) is 25.6 Å². The fourth-order valence-electron chi connectivity index (χ4n) is 3.17. The SMILES string of the molecule is C[C@@H](OCc1ccccc1)[C@H](N)C(=O)OC[C@H]1O[C@@H](n2cnc(C(N)=O)c2O)[C@H](O)[C@@H]1O. The number of aromatic nitrogens is 2. The van der Waals surface area contributed by atoms with Crippen molar-refractivity contribution in [2.45, 2.75) is 50.2 Å². The number of primary amides is 1. The molecule has 0 saturated carbocycles. The van der Waals surface area contributed by atoms with Gasteiger partial charge in [-0.25, -0.2) is 4.98 Å². The number of carbonyl (C=O) groups excluding carboxylic acids is 2. The van der Waals surface area contributed by atoms with Crippen molar-refractivity contribution >= 4 is 11.9 Å². The fourth-order valence-corrected chi connectivity index (χ4v) is 3.17. The topological polar surface area (TPSA) is 192 Å². The third-order valence-electron chi connectivity index (χ3n) is 5.14. The average Bonchev–Trinajstić information content (AvgIpc) is 3.30. The third kappa shape index (κ3) is 5.06. The first-order valence-electron chi connectivity index (χ1n) is 9.85. The third-order valence-corrected chi connectivity index (χ3v) is 5.14. The number of amides is 1. The zero-order valence-electron chi connectivity index (χ0n) is 17.3. The molecule has 6 atom stereocenters. The number of aliphatic hydroxyl groups excluding tert-OH is 2. The molecule has 1 aliphatic rings. The van der Waals surface area contributed by atoms with Gasteiger partial charge in [-0.2, -0.15) is 0 Å². The largest absolute Gasteiger partial charge is 0.493 e. The van der Waals surface area contributed by atoms with Crippen LogP contribution in [0, 0.1) is 0 Å². The zero-order chi connectivity index (χ0) is 23.4. The standard InChI is InChI=1S/C20H26N4O8/c1-10(30-7-11-5-3-2-4-6-11)13(21)20(29)31-8-12-15(25)16(26)19(32-12)24-9-23-14(17(22)27)18(24)28/h2-6,9-10,12-13,15-16,19,25-26,28H,7-8,21H2,1H3,(H2,22,27)/t10-,12-,13+,15-,16-,19-/m1/s1. The molecule has 2 aromatic rings. The fraction of sp³-hybridized carbons (Fsp3) is 0.450. The highest BCUT2D eigenvalue weighted by atomic mass is 16.6. The molecule has 7 N–H and O–H groups in total. The lowest BCUT2D eigenvalue weighted by molar-refractivity contribution is -0.155. The molecule has 2 heterocycles. The lowest BCUT2D eigenvalue weighted by atomic mass is 10.1. The van der Waals surface area contributed by atoms with Crippen LogP contribution in [0.15, 0.2) is 36.7 Å². The van der Waals surface area contributed by atoms with E-state index in [1.807, 2.05) is 30.3 Å². The van der Waals surface area contributed by atoms with Crippen molar-refractivity contribution in [3.63, 3.8) is 0 Å². The first-order valence-corrected chi connectivity index (χ1v) is 9.85. The Kier molecular flexibility index (Phi) is 7.43. The Labute approximate surface area is 183 Å². The van der Waals surface area contributed by atoms with Crippen LogP contribution in [-0.4, -0.2) is 73.8 Å². The monoisotopic (exact) mass is 450 g/mol. The van der Waals surface area contributed by atoms with E-state index >= 15 is 0 Å². The molecule has 0 radical (unpaired) electrons. The second-order valence-electron chi connectivity index (χ2n) is 7.39. The molecule has 1 fully saturated rings. The number of esters is 1. The highest BCUT2D eigenvalue weighted by Gasteiger charge is 2.45. The van der Waals surface area contributed by atoms with Crippen LogP contribution < -0.4 is 11.5 Å². The summed E-state index contributed by atoms with van der Waals surface area (Å²) in [4.78, 5) is 27.2. The van der Waals surface area contributed by atoms with E-state index in [-0.39, 0.29) is 6.61 Å². The second-order valence-corrected chi connectivity index (χ2v) is 7.39. The first kappa shape index (κ1) is 23.6. The van der Waals surface area contributed by atoms with Crippen LogP contribution in [0.5, 0.6) is 5.88 Å². The van der Waals surface area contributed by atoms with Crippen molar-refractivity contribution in [2.75, 3.05) is 6.61 Å². The Balaban J connectivity index is 1.53. The van der Waals surface area contributed by atoms with Crippen molar-refractivity contribution in [1.29, 1.82) is 0 Å². The number of rotatable bonds is 9. The van der Waals surface area contributed by atoms with Crippen molar-refractivity contribution in [3.05, 3.63) is 47.9 Å². The number of aromatic hydroxyl groups is 1. The molecular formula is C20H26N4O8. The normalized spacial score (nSPS) is 24.8. The van der Waals surface area contributed by atoms with Crippen molar-refractivity contribution in [3.8, 4) is 5.88 Å². The molecule has 0 bridgehead atoms. The van der Waals surface area contributed by atoms with E-state index in [1.54, 1.807) is 6.92 Å². The average molecular weight is 450 g/mol. The predicted octanol–water partition coefficient (Wildman–Crippen LogP) is -1.22. The van der Waals surface area contributed by atoms with E-state index in [0.717, 1.165) is 16.5 Å². The Hall–Kier alpha value is -3.03. The van der Waals surface area contributed by atoms with Gasteiger partial charge >= 0.3 is 5.97 Å². The van der Waals surface area contributed by atoms with Crippen LogP contribution in [0.25, 0.3) is 0 Å². The van der Waals surface area contributed by atoms with Crippen molar-refractivity contribution in [1.82, 2.24) is 9.55 Å². The smallest absolute Gasteiger partial charge is 0.325 e. The van der Waals surface area contributed by atoms with Gasteiger partial charge < -0.3 is 41.0 Å². The Morgan fingerprint density at radius 3 is 2.56 bits per heavy atom. The number of hydrogen-bond donors (Lipinski definition) is 5. The number of nitrogens with zero attached hydrogens (tertiary/aromatic N) is 2. The Morgan fingerprint density at radius 2 is 1.94 bits per heavy atom. The van der Waals surface area contributed by atoms with Gasteiger partial charge in [0.05, 0.1) is 12.7 Å². The summed E-state index contributed by atoms with van der Waals surface area (Å²) in [6.45, 7) is 1.49. The summed E-state index contributed by atoms with van der Waals surface area (Å²) in [6.07, 6.45) is -4.96. The number of ether oxygens (including phenoxy) is 3. The summed E-state index contributed by atoms with van der Waals surface area (Å²) in [5.74, 6) is -2.38. The minimum atomic E-state index is -1.50. The molecule has 12 heteroatoms. The van der Waals surface area contributed by atoms with Gasteiger partial charge in [-0.15, -0.1) is 0 Å². The lowest BCUT2D eigenvalue weighted by Crippen LogP contribution is -2.44. The number of benzene rings is 1. The summed E-state index contributed by atoms with van der Waals surface area (Å²) in [5.41, 5.74) is 11.5. The summed E-state index contributed by atoms with van der Waals surface area (Å²) in [7, 11) is 0. The molecule has 0 unspecified atom stereocenters. The maximum Gasteiger partial charge on any atom is 0.325 e. The summed E-state index contributed by atoms with van der Waals surface area (Å²) in [6, 6.07) is 8.27. The predicted molar refractivity (Wildman–Crippen MR) is 108 cm³/mol. The quantitative estimate of drug-likeness (QED) is 0.289. The Morgan fingerprint density at radius 1 is 1.25 bits per heavy atom. The van der Waals surface area contributed by atoms with Crippen LogP contribution in [0.1, 0.15) is 29.2 Å². The van der Waals surface area contributed by atoms with E-state index in [0.29, 0.717) is 0 Å². The number of nitrogens with two attached hydrogens (primary N) is 2. The van der Waals surface area contributed by atoms with Gasteiger partial charge in [0.25, 0.3) is 5.91 Å². The zero-order valence-corrected chi connectivity index (χ0v) is 17.3. The highest BCUT2D eigenvalue weighted by Crippen LogP contribution is 2.33. The maximum absolute atomic E-state index is 12.3. The lowest BCUT2D eigenvalue weighted by Gasteiger charge is -2.21. The summed E-state index contributed by atoms with van der Waals surface area (Å²) < 4.78 is 17.2. The van der Waals surface area contributed by atoms with Crippen molar-refractivity contribution in [2.24, 2.45) is 11.5 Å². The van der Waals surface area contributed by atoms with Crippen LogP contribution in [0.3, 0.4) is 0 Å². The van der Waals surface area contributed by atoms with E-state index in [1.165, 1.54) is 0 Å². The van der Waals surface area contributed by atoms with Gasteiger partial charge in [0, 0.05) is 0 Å². The number of hydrogen-bond acceptors (Lipinski definition) is 10. The van der Waals surface area contributed by atoms with Crippen LogP contribution >= 0.6 is 0 Å². The van der Waals surface area contributed by atoms with Crippen LogP contribution in [0.4, 0.5) is 0 Å². The molecule has 3 rings (SSSR count). The molecular weight excluding hydrogens is 424 g/mol. The molecule has 1 aromatic heterocycles. The Bertz CT molecular complexity index is 937. The van der Waals surface area contributed by atoms with Crippen molar-refractivity contribution < 1.29 is 39.1 Å². The molecule has 0 aliphatic carbocycles. The number of aliphatic hydroxyl groups is 2. The summed E-state index contributed by atoms with van der Waals surface area (Å²) >= 11 is 0. The molecule has 32 heavy (non-hydrogen) atoms. The van der Waals surface area contributed by atoms with Gasteiger partial charge in [-0.05, 0) is 12.5 Å². The van der Waals surface area contributed by atoms with E-state index < -0.39 is 66.7 Å².